The van der Waals surface area contributed by atoms with E-state index in [1.165, 1.54) is 12.8 Å². The van der Waals surface area contributed by atoms with E-state index in [0.29, 0.717) is 17.7 Å². The molecule has 0 aliphatic carbocycles. The van der Waals surface area contributed by atoms with Gasteiger partial charge in [-0.15, -0.1) is 0 Å². The molecule has 1 aromatic rings. The smallest absolute Gasteiger partial charge is 0.142 e. The van der Waals surface area contributed by atoms with E-state index in [2.05, 4.69) is 35.1 Å². The lowest BCUT2D eigenvalue weighted by Crippen LogP contribution is -2.41. The average Bonchev–Trinajstić information content (AvgIpc) is 2.45. The highest BCUT2D eigenvalue weighted by Gasteiger charge is 2.20. The summed E-state index contributed by atoms with van der Waals surface area (Å²) in [6, 6.07) is 8.17. The van der Waals surface area contributed by atoms with Crippen molar-refractivity contribution in [1.82, 2.24) is 10.3 Å². The monoisotopic (exact) mass is 258 g/mol. The predicted octanol–water partition coefficient (Wildman–Crippen LogP) is 2.17. The Kier molecular flexibility index (Phi) is 4.75. The van der Waals surface area contributed by atoms with E-state index in [1.807, 2.05) is 12.1 Å². The highest BCUT2D eigenvalue weighted by molar-refractivity contribution is 5.42. The molecule has 2 rings (SSSR count). The molecule has 4 heteroatoms. The second kappa shape index (κ2) is 6.53. The molecule has 1 fully saturated rings. The van der Waals surface area contributed by atoms with Gasteiger partial charge in [-0.05, 0) is 57.8 Å². The van der Waals surface area contributed by atoms with Gasteiger partial charge >= 0.3 is 0 Å². The lowest BCUT2D eigenvalue weighted by molar-refractivity contribution is 0.370. The van der Waals surface area contributed by atoms with Crippen LogP contribution in [0.15, 0.2) is 18.2 Å². The Morgan fingerprint density at radius 2 is 2.37 bits per heavy atom. The van der Waals surface area contributed by atoms with Gasteiger partial charge in [-0.25, -0.2) is 4.98 Å². The Labute approximate surface area is 115 Å². The van der Waals surface area contributed by atoms with Crippen LogP contribution in [0.5, 0.6) is 0 Å². The quantitative estimate of drug-likeness (QED) is 0.899. The van der Waals surface area contributed by atoms with Gasteiger partial charge in [0.2, 0.25) is 0 Å². The fraction of sp³-hybridized carbons (Fsp3) is 0.600. The molecule has 1 unspecified atom stereocenters. The molecule has 2 heterocycles. The summed E-state index contributed by atoms with van der Waals surface area (Å²) in [4.78, 5) is 6.73. The van der Waals surface area contributed by atoms with Gasteiger partial charge in [-0.1, -0.05) is 6.07 Å². The molecule has 1 aliphatic heterocycles. The molecule has 0 radical (unpaired) electrons. The van der Waals surface area contributed by atoms with Crippen LogP contribution in [0, 0.1) is 17.2 Å². The third-order valence-electron chi connectivity index (χ3n) is 3.62. The highest BCUT2D eigenvalue weighted by Crippen LogP contribution is 2.19. The summed E-state index contributed by atoms with van der Waals surface area (Å²) in [6.45, 7) is 7.59. The van der Waals surface area contributed by atoms with Crippen molar-refractivity contribution in [3.8, 4) is 6.07 Å². The van der Waals surface area contributed by atoms with Crippen molar-refractivity contribution in [2.24, 2.45) is 5.92 Å². The van der Waals surface area contributed by atoms with E-state index in [4.69, 9.17) is 5.26 Å². The molecule has 1 N–H and O–H groups in total. The number of anilines is 1. The molecule has 1 atom stereocenters. The van der Waals surface area contributed by atoms with Gasteiger partial charge in [0, 0.05) is 12.6 Å². The van der Waals surface area contributed by atoms with E-state index >= 15 is 0 Å². The van der Waals surface area contributed by atoms with E-state index in [9.17, 15) is 0 Å². The van der Waals surface area contributed by atoms with Crippen LogP contribution in [0.1, 0.15) is 32.4 Å². The Morgan fingerprint density at radius 3 is 3.00 bits per heavy atom. The fourth-order valence-corrected chi connectivity index (χ4v) is 2.57. The molecule has 1 saturated heterocycles. The number of piperidine rings is 1. The first kappa shape index (κ1) is 13.8. The lowest BCUT2D eigenvalue weighted by atomic mass is 9.98. The van der Waals surface area contributed by atoms with Crippen molar-refractivity contribution in [2.75, 3.05) is 24.5 Å². The van der Waals surface area contributed by atoms with Gasteiger partial charge in [0.1, 0.15) is 17.6 Å². The Hall–Kier alpha value is -1.60. The van der Waals surface area contributed by atoms with E-state index < -0.39 is 0 Å². The van der Waals surface area contributed by atoms with Gasteiger partial charge in [-0.3, -0.25) is 0 Å². The first-order valence-corrected chi connectivity index (χ1v) is 7.05. The largest absolute Gasteiger partial charge is 0.354 e. The number of aromatic nitrogens is 1. The number of pyridine rings is 1. The first-order valence-electron chi connectivity index (χ1n) is 7.05. The molecular weight excluding hydrogens is 236 g/mol. The summed E-state index contributed by atoms with van der Waals surface area (Å²) >= 11 is 0. The highest BCUT2D eigenvalue weighted by atomic mass is 15.2. The van der Waals surface area contributed by atoms with Crippen molar-refractivity contribution < 1.29 is 0 Å². The molecule has 1 aliphatic rings. The molecule has 102 valence electrons. The molecule has 0 amide bonds. The zero-order valence-electron chi connectivity index (χ0n) is 11.8. The van der Waals surface area contributed by atoms with Crippen LogP contribution in [-0.4, -0.2) is 30.7 Å². The van der Waals surface area contributed by atoms with Crippen molar-refractivity contribution in [2.45, 2.75) is 32.7 Å². The number of nitrogens with one attached hydrogen (secondary N) is 1. The normalized spacial score (nSPS) is 19.2. The molecule has 19 heavy (non-hydrogen) atoms. The average molecular weight is 258 g/mol. The van der Waals surface area contributed by atoms with Crippen LogP contribution in [0.25, 0.3) is 0 Å². The summed E-state index contributed by atoms with van der Waals surface area (Å²) in [5.41, 5.74) is 0.491. The molecule has 0 bridgehead atoms. The summed E-state index contributed by atoms with van der Waals surface area (Å²) in [5, 5.41) is 12.4. The third kappa shape index (κ3) is 3.68. The zero-order valence-corrected chi connectivity index (χ0v) is 11.8. The van der Waals surface area contributed by atoms with Crippen molar-refractivity contribution in [1.29, 1.82) is 5.26 Å². The number of rotatable bonds is 4. The molecular formula is C15H22N4. The third-order valence-corrected chi connectivity index (χ3v) is 3.62. The predicted molar refractivity (Wildman–Crippen MR) is 77.0 cm³/mol. The number of nitrogens with zero attached hydrogens (tertiary/aromatic N) is 3. The molecule has 0 spiro atoms. The number of hydrogen-bond acceptors (Lipinski definition) is 4. The van der Waals surface area contributed by atoms with Crippen LogP contribution < -0.4 is 10.2 Å². The number of hydrogen-bond donors (Lipinski definition) is 1. The van der Waals surface area contributed by atoms with Crippen molar-refractivity contribution in [3.05, 3.63) is 23.9 Å². The Bertz CT molecular complexity index is 444. The maximum Gasteiger partial charge on any atom is 0.142 e. The summed E-state index contributed by atoms with van der Waals surface area (Å²) in [7, 11) is 0. The lowest BCUT2D eigenvalue weighted by Gasteiger charge is -2.33. The van der Waals surface area contributed by atoms with Crippen LogP contribution >= 0.6 is 0 Å². The van der Waals surface area contributed by atoms with E-state index in [0.717, 1.165) is 25.5 Å². The van der Waals surface area contributed by atoms with Crippen molar-refractivity contribution >= 4 is 5.82 Å². The van der Waals surface area contributed by atoms with Crippen LogP contribution in [0.2, 0.25) is 0 Å². The van der Waals surface area contributed by atoms with Gasteiger partial charge in [0.25, 0.3) is 0 Å². The summed E-state index contributed by atoms with van der Waals surface area (Å²) in [5.74, 6) is 1.59. The topological polar surface area (TPSA) is 52.0 Å². The standard InChI is InChI=1S/C15H22N4/c1-12(2)19(11-13-5-4-8-17-10-13)15-7-3-6-14(9-16)18-15/h3,6-7,12-13,17H,4-5,8,10-11H2,1-2H3. The van der Waals surface area contributed by atoms with E-state index in [-0.39, 0.29) is 0 Å². The maximum atomic E-state index is 8.96. The minimum Gasteiger partial charge on any atom is -0.354 e. The second-order valence-corrected chi connectivity index (χ2v) is 5.45. The van der Waals surface area contributed by atoms with Gasteiger partial charge in [0.05, 0.1) is 0 Å². The Balaban J connectivity index is 2.12. The molecule has 0 aromatic carbocycles. The molecule has 0 saturated carbocycles. The minimum absolute atomic E-state index is 0.392. The number of nitriles is 1. The SMILES string of the molecule is CC(C)N(CC1CCCNC1)c1cccc(C#N)n1. The molecule has 1 aromatic heterocycles. The second-order valence-electron chi connectivity index (χ2n) is 5.45. The van der Waals surface area contributed by atoms with Crippen LogP contribution in [0.3, 0.4) is 0 Å². The van der Waals surface area contributed by atoms with Gasteiger partial charge in [0.15, 0.2) is 0 Å². The maximum absolute atomic E-state index is 8.96. The fourth-order valence-electron chi connectivity index (χ4n) is 2.57. The minimum atomic E-state index is 0.392. The summed E-state index contributed by atoms with van der Waals surface area (Å²) < 4.78 is 0. The van der Waals surface area contributed by atoms with Crippen LogP contribution in [0.4, 0.5) is 5.82 Å². The molecule has 4 nitrogen and oxygen atoms in total. The summed E-state index contributed by atoms with van der Waals surface area (Å²) in [6.07, 6.45) is 2.52. The van der Waals surface area contributed by atoms with Gasteiger partial charge < -0.3 is 10.2 Å². The van der Waals surface area contributed by atoms with E-state index in [1.54, 1.807) is 6.07 Å². The first-order chi connectivity index (χ1) is 9.20. The zero-order chi connectivity index (χ0) is 13.7. The van der Waals surface area contributed by atoms with Crippen molar-refractivity contribution in [3.63, 3.8) is 0 Å². The van der Waals surface area contributed by atoms with Gasteiger partial charge in [-0.2, -0.15) is 5.26 Å². The Morgan fingerprint density at radius 1 is 1.53 bits per heavy atom. The van der Waals surface area contributed by atoms with Crippen LogP contribution in [-0.2, 0) is 0 Å².